The number of hydrogen-bond acceptors (Lipinski definition) is 3. The molecule has 1 N–H and O–H groups in total. The highest BCUT2D eigenvalue weighted by molar-refractivity contribution is 5.16. The Bertz CT molecular complexity index is 438. The van der Waals surface area contributed by atoms with Crippen LogP contribution in [0.4, 0.5) is 0 Å². The van der Waals surface area contributed by atoms with Crippen LogP contribution in [-0.2, 0) is 6.54 Å². The second kappa shape index (κ2) is 6.23. The Labute approximate surface area is 122 Å². The van der Waals surface area contributed by atoms with Crippen LogP contribution in [0.5, 0.6) is 0 Å². The van der Waals surface area contributed by atoms with Crippen molar-refractivity contribution in [1.29, 1.82) is 0 Å². The van der Waals surface area contributed by atoms with Gasteiger partial charge in [0, 0.05) is 31.0 Å². The minimum atomic E-state index is 0.395. The summed E-state index contributed by atoms with van der Waals surface area (Å²) in [6, 6.07) is 2.28. The molecule has 110 valence electrons. The molecule has 2 fully saturated rings. The van der Waals surface area contributed by atoms with E-state index in [0.29, 0.717) is 5.54 Å². The van der Waals surface area contributed by atoms with Crippen LogP contribution in [0.15, 0.2) is 18.5 Å². The molecule has 1 aliphatic carbocycles. The molecule has 1 aromatic rings. The van der Waals surface area contributed by atoms with Gasteiger partial charge >= 0.3 is 0 Å². The molecule has 1 aromatic heterocycles. The molecule has 1 saturated carbocycles. The summed E-state index contributed by atoms with van der Waals surface area (Å²) in [6.07, 6.45) is 12.2. The summed E-state index contributed by atoms with van der Waals surface area (Å²) < 4.78 is 0. The van der Waals surface area contributed by atoms with E-state index in [2.05, 4.69) is 28.2 Å². The molecule has 0 bridgehead atoms. The van der Waals surface area contributed by atoms with Crippen LogP contribution in [0.1, 0.15) is 49.7 Å². The molecule has 20 heavy (non-hydrogen) atoms. The number of aromatic nitrogens is 1. The zero-order valence-corrected chi connectivity index (χ0v) is 12.7. The van der Waals surface area contributed by atoms with Gasteiger partial charge in [0.25, 0.3) is 0 Å². The molecule has 0 unspecified atom stereocenters. The molecule has 1 spiro atoms. The van der Waals surface area contributed by atoms with Gasteiger partial charge in [0.05, 0.1) is 0 Å². The number of hydrogen-bond donors (Lipinski definition) is 1. The van der Waals surface area contributed by atoms with E-state index in [1.165, 1.54) is 69.3 Å². The van der Waals surface area contributed by atoms with Crippen LogP contribution in [0, 0.1) is 6.92 Å². The summed E-state index contributed by atoms with van der Waals surface area (Å²) >= 11 is 0. The first-order valence-corrected chi connectivity index (χ1v) is 8.14. The maximum atomic E-state index is 4.33. The summed E-state index contributed by atoms with van der Waals surface area (Å²) in [7, 11) is 0. The van der Waals surface area contributed by atoms with E-state index in [0.717, 1.165) is 6.54 Å². The van der Waals surface area contributed by atoms with Gasteiger partial charge in [-0.3, -0.25) is 9.88 Å². The van der Waals surface area contributed by atoms with Gasteiger partial charge in [-0.1, -0.05) is 25.3 Å². The standard InChI is InChI=1S/C17H27N3/c1-15-10-16(12-18-11-15)13-20-9-5-8-19-17(14-20)6-3-2-4-7-17/h10-12,19H,2-9,13-14H2,1H3. The topological polar surface area (TPSA) is 28.2 Å². The first-order valence-electron chi connectivity index (χ1n) is 8.14. The first kappa shape index (κ1) is 14.0. The first-order chi connectivity index (χ1) is 9.76. The van der Waals surface area contributed by atoms with Crippen LogP contribution < -0.4 is 5.32 Å². The van der Waals surface area contributed by atoms with Crippen molar-refractivity contribution in [2.75, 3.05) is 19.6 Å². The lowest BCUT2D eigenvalue weighted by Gasteiger charge is -2.40. The van der Waals surface area contributed by atoms with Crippen molar-refractivity contribution >= 4 is 0 Å². The Morgan fingerprint density at radius 1 is 1.20 bits per heavy atom. The number of nitrogens with one attached hydrogen (secondary N) is 1. The third-order valence-corrected chi connectivity index (χ3v) is 4.83. The van der Waals surface area contributed by atoms with E-state index < -0.39 is 0 Å². The normalized spacial score (nSPS) is 23.6. The second-order valence-corrected chi connectivity index (χ2v) is 6.70. The largest absolute Gasteiger partial charge is 0.310 e. The van der Waals surface area contributed by atoms with Gasteiger partial charge in [0.2, 0.25) is 0 Å². The fourth-order valence-corrected chi connectivity index (χ4v) is 3.88. The molecular formula is C17H27N3. The van der Waals surface area contributed by atoms with Gasteiger partial charge < -0.3 is 5.32 Å². The fraction of sp³-hybridized carbons (Fsp3) is 0.706. The van der Waals surface area contributed by atoms with Crippen LogP contribution in [0.3, 0.4) is 0 Å². The van der Waals surface area contributed by atoms with Crippen molar-refractivity contribution in [3.63, 3.8) is 0 Å². The second-order valence-electron chi connectivity index (χ2n) is 6.70. The zero-order chi connectivity index (χ0) is 13.8. The van der Waals surface area contributed by atoms with Gasteiger partial charge in [-0.15, -0.1) is 0 Å². The highest BCUT2D eigenvalue weighted by atomic mass is 15.2. The lowest BCUT2D eigenvalue weighted by Crippen LogP contribution is -2.52. The van der Waals surface area contributed by atoms with Crippen LogP contribution >= 0.6 is 0 Å². The molecule has 1 saturated heterocycles. The summed E-state index contributed by atoms with van der Waals surface area (Å²) in [6.45, 7) is 6.79. The van der Waals surface area contributed by atoms with Crippen LogP contribution in [0.2, 0.25) is 0 Å². The van der Waals surface area contributed by atoms with Crippen LogP contribution in [0.25, 0.3) is 0 Å². The van der Waals surface area contributed by atoms with E-state index in [9.17, 15) is 0 Å². The Balaban J connectivity index is 1.68. The Hall–Kier alpha value is -0.930. The summed E-state index contributed by atoms with van der Waals surface area (Å²) in [5.41, 5.74) is 3.02. The number of pyridine rings is 1. The minimum absolute atomic E-state index is 0.395. The third kappa shape index (κ3) is 3.39. The Kier molecular flexibility index (Phi) is 4.37. The Morgan fingerprint density at radius 3 is 2.85 bits per heavy atom. The van der Waals surface area contributed by atoms with Gasteiger partial charge in [-0.25, -0.2) is 0 Å². The molecule has 3 nitrogen and oxygen atoms in total. The SMILES string of the molecule is Cc1cncc(CN2CCCNC3(CCCCC3)C2)c1. The van der Waals surface area contributed by atoms with E-state index >= 15 is 0 Å². The lowest BCUT2D eigenvalue weighted by atomic mass is 9.81. The lowest BCUT2D eigenvalue weighted by molar-refractivity contribution is 0.159. The molecule has 0 amide bonds. The van der Waals surface area contributed by atoms with Crippen molar-refractivity contribution < 1.29 is 0 Å². The highest BCUT2D eigenvalue weighted by Crippen LogP contribution is 2.30. The maximum absolute atomic E-state index is 4.33. The molecule has 1 aliphatic heterocycles. The summed E-state index contributed by atoms with van der Waals surface area (Å²) in [5, 5.41) is 3.87. The van der Waals surface area contributed by atoms with E-state index in [1.54, 1.807) is 0 Å². The van der Waals surface area contributed by atoms with Crippen molar-refractivity contribution in [3.05, 3.63) is 29.6 Å². The average molecular weight is 273 g/mol. The van der Waals surface area contributed by atoms with Crippen molar-refractivity contribution in [1.82, 2.24) is 15.2 Å². The quantitative estimate of drug-likeness (QED) is 0.898. The number of aryl methyl sites for hydroxylation is 1. The molecule has 2 heterocycles. The highest BCUT2D eigenvalue weighted by Gasteiger charge is 2.34. The Morgan fingerprint density at radius 2 is 2.05 bits per heavy atom. The van der Waals surface area contributed by atoms with Gasteiger partial charge in [0.1, 0.15) is 0 Å². The van der Waals surface area contributed by atoms with Gasteiger partial charge in [0.15, 0.2) is 0 Å². The molecule has 0 aromatic carbocycles. The molecule has 2 aliphatic rings. The third-order valence-electron chi connectivity index (χ3n) is 4.83. The number of rotatable bonds is 2. The van der Waals surface area contributed by atoms with E-state index in [-0.39, 0.29) is 0 Å². The van der Waals surface area contributed by atoms with Gasteiger partial charge in [-0.2, -0.15) is 0 Å². The monoisotopic (exact) mass is 273 g/mol. The smallest absolute Gasteiger partial charge is 0.0313 e. The number of nitrogens with zero attached hydrogens (tertiary/aromatic N) is 2. The predicted octanol–water partition coefficient (Wildman–Crippen LogP) is 2.89. The van der Waals surface area contributed by atoms with Crippen LogP contribution in [-0.4, -0.2) is 35.1 Å². The van der Waals surface area contributed by atoms with Crippen molar-refractivity contribution in [2.24, 2.45) is 0 Å². The predicted molar refractivity (Wildman–Crippen MR) is 82.7 cm³/mol. The van der Waals surface area contributed by atoms with Crippen molar-refractivity contribution in [3.8, 4) is 0 Å². The molecule has 0 radical (unpaired) electrons. The summed E-state index contributed by atoms with van der Waals surface area (Å²) in [5.74, 6) is 0. The minimum Gasteiger partial charge on any atom is -0.310 e. The summed E-state index contributed by atoms with van der Waals surface area (Å²) in [4.78, 5) is 6.98. The van der Waals surface area contributed by atoms with Crippen molar-refractivity contribution in [2.45, 2.75) is 57.5 Å². The zero-order valence-electron chi connectivity index (χ0n) is 12.7. The molecule has 0 atom stereocenters. The molecule has 3 heteroatoms. The van der Waals surface area contributed by atoms with Gasteiger partial charge in [-0.05, 0) is 50.4 Å². The average Bonchev–Trinajstić information content (AvgIpc) is 2.62. The molecule has 3 rings (SSSR count). The van der Waals surface area contributed by atoms with E-state index in [4.69, 9.17) is 0 Å². The fourth-order valence-electron chi connectivity index (χ4n) is 3.88. The molecular weight excluding hydrogens is 246 g/mol. The van der Waals surface area contributed by atoms with E-state index in [1.807, 2.05) is 12.4 Å². The maximum Gasteiger partial charge on any atom is 0.0313 e.